The van der Waals surface area contributed by atoms with Crippen LogP contribution in [0.25, 0.3) is 6.08 Å². The quantitative estimate of drug-likeness (QED) is 0.907. The van der Waals surface area contributed by atoms with Gasteiger partial charge in [-0.1, -0.05) is 39.3 Å². The SMILES string of the molecule is CC1(C)CCC[C@]2(C)[C@@H](/C=C/c3ccoc3)C(CO)=CC(=O)[C@@H]12. The first-order valence-electron chi connectivity index (χ1n) is 8.44. The molecule has 1 saturated carbocycles. The first-order valence-corrected chi connectivity index (χ1v) is 8.44. The monoisotopic (exact) mass is 314 g/mol. The molecule has 0 aliphatic heterocycles. The van der Waals surface area contributed by atoms with E-state index in [-0.39, 0.29) is 35.1 Å². The number of rotatable bonds is 3. The van der Waals surface area contributed by atoms with Gasteiger partial charge in [0.25, 0.3) is 0 Å². The second kappa shape index (κ2) is 5.79. The van der Waals surface area contributed by atoms with E-state index in [0.29, 0.717) is 0 Å². The largest absolute Gasteiger partial charge is 0.472 e. The molecule has 0 radical (unpaired) electrons. The van der Waals surface area contributed by atoms with Crippen molar-refractivity contribution in [1.82, 2.24) is 0 Å². The van der Waals surface area contributed by atoms with E-state index >= 15 is 0 Å². The summed E-state index contributed by atoms with van der Waals surface area (Å²) < 4.78 is 5.12. The maximum atomic E-state index is 12.8. The lowest BCUT2D eigenvalue weighted by Crippen LogP contribution is -2.52. The summed E-state index contributed by atoms with van der Waals surface area (Å²) in [7, 11) is 0. The van der Waals surface area contributed by atoms with Gasteiger partial charge in [-0.3, -0.25) is 4.79 Å². The lowest BCUT2D eigenvalue weighted by atomic mass is 9.48. The van der Waals surface area contributed by atoms with Gasteiger partial charge in [-0.05, 0) is 41.4 Å². The maximum Gasteiger partial charge on any atom is 0.159 e. The molecule has 0 aromatic carbocycles. The Bertz CT molecular complexity index is 636. The molecule has 1 fully saturated rings. The van der Waals surface area contributed by atoms with Gasteiger partial charge in [-0.15, -0.1) is 0 Å². The second-order valence-corrected chi connectivity index (χ2v) is 7.95. The minimum Gasteiger partial charge on any atom is -0.472 e. The topological polar surface area (TPSA) is 50.4 Å². The highest BCUT2D eigenvalue weighted by atomic mass is 16.3. The Balaban J connectivity index is 2.04. The van der Waals surface area contributed by atoms with Crippen molar-refractivity contribution in [3.8, 4) is 0 Å². The first-order chi connectivity index (χ1) is 10.9. The van der Waals surface area contributed by atoms with Crippen molar-refractivity contribution in [2.24, 2.45) is 22.7 Å². The van der Waals surface area contributed by atoms with Crippen LogP contribution in [0.2, 0.25) is 0 Å². The Morgan fingerprint density at radius 1 is 1.35 bits per heavy atom. The van der Waals surface area contributed by atoms with Crippen molar-refractivity contribution in [2.75, 3.05) is 6.61 Å². The highest BCUT2D eigenvalue weighted by Gasteiger charge is 2.55. The van der Waals surface area contributed by atoms with Gasteiger partial charge < -0.3 is 9.52 Å². The minimum atomic E-state index is -0.133. The van der Waals surface area contributed by atoms with E-state index in [9.17, 15) is 9.90 Å². The summed E-state index contributed by atoms with van der Waals surface area (Å²) in [5.41, 5.74) is 1.72. The molecule has 2 aliphatic carbocycles. The van der Waals surface area contributed by atoms with Crippen molar-refractivity contribution < 1.29 is 14.3 Å². The van der Waals surface area contributed by atoms with Gasteiger partial charge in [-0.2, -0.15) is 0 Å². The van der Waals surface area contributed by atoms with E-state index in [0.717, 1.165) is 30.4 Å². The molecule has 1 heterocycles. The number of carbonyl (C=O) groups excluding carboxylic acids is 1. The third-order valence-corrected chi connectivity index (χ3v) is 5.91. The van der Waals surface area contributed by atoms with Gasteiger partial charge in [0.1, 0.15) is 0 Å². The molecule has 3 rings (SSSR count). The minimum absolute atomic E-state index is 0.00327. The Morgan fingerprint density at radius 3 is 2.78 bits per heavy atom. The van der Waals surface area contributed by atoms with Crippen LogP contribution in [0.4, 0.5) is 0 Å². The molecule has 0 saturated heterocycles. The molecule has 3 nitrogen and oxygen atoms in total. The molecule has 0 bridgehead atoms. The van der Waals surface area contributed by atoms with Gasteiger partial charge in [0, 0.05) is 17.4 Å². The summed E-state index contributed by atoms with van der Waals surface area (Å²) in [6, 6.07) is 1.91. The van der Waals surface area contributed by atoms with Gasteiger partial charge in [0.05, 0.1) is 19.1 Å². The van der Waals surface area contributed by atoms with Crippen LogP contribution in [0.1, 0.15) is 45.6 Å². The molecular formula is C20H26O3. The van der Waals surface area contributed by atoms with E-state index in [1.807, 2.05) is 12.1 Å². The van der Waals surface area contributed by atoms with Crippen LogP contribution in [0.5, 0.6) is 0 Å². The first kappa shape index (κ1) is 16.3. The van der Waals surface area contributed by atoms with E-state index in [4.69, 9.17) is 4.42 Å². The van der Waals surface area contributed by atoms with E-state index in [1.54, 1.807) is 18.6 Å². The van der Waals surface area contributed by atoms with Crippen molar-refractivity contribution in [2.45, 2.75) is 40.0 Å². The predicted molar refractivity (Wildman–Crippen MR) is 90.6 cm³/mol. The van der Waals surface area contributed by atoms with Gasteiger partial charge >= 0.3 is 0 Å². The number of aliphatic hydroxyl groups is 1. The summed E-state index contributed by atoms with van der Waals surface area (Å²) in [6.45, 7) is 6.58. The Labute approximate surface area is 138 Å². The van der Waals surface area contributed by atoms with Crippen molar-refractivity contribution in [3.05, 3.63) is 41.9 Å². The molecule has 1 aromatic rings. The van der Waals surface area contributed by atoms with Crippen LogP contribution >= 0.6 is 0 Å². The maximum absolute atomic E-state index is 12.8. The third-order valence-electron chi connectivity index (χ3n) is 5.91. The molecule has 3 atom stereocenters. The number of aliphatic hydroxyl groups excluding tert-OH is 1. The van der Waals surface area contributed by atoms with Crippen molar-refractivity contribution in [1.29, 1.82) is 0 Å². The molecule has 2 aliphatic rings. The third kappa shape index (κ3) is 2.72. The molecular weight excluding hydrogens is 288 g/mol. The smallest absolute Gasteiger partial charge is 0.159 e. The molecule has 3 heteroatoms. The zero-order chi connectivity index (χ0) is 16.7. The average Bonchev–Trinajstić information content (AvgIpc) is 2.97. The standard InChI is InChI=1S/C20H26O3/c1-19(2)8-4-9-20(3)16(6-5-14-7-10-23-13-14)15(12-21)11-17(22)18(19)20/h5-7,10-11,13,16,18,21H,4,8-9,12H2,1-3H3/b6-5+/t16-,18-,20+/m0/s1. The van der Waals surface area contributed by atoms with Gasteiger partial charge in [-0.25, -0.2) is 0 Å². The summed E-state index contributed by atoms with van der Waals surface area (Å²) in [5.74, 6) is 0.289. The number of fused-ring (bicyclic) bond motifs is 1. The van der Waals surface area contributed by atoms with E-state index < -0.39 is 0 Å². The van der Waals surface area contributed by atoms with Crippen LogP contribution in [-0.2, 0) is 4.79 Å². The van der Waals surface area contributed by atoms with Gasteiger partial charge in [0.2, 0.25) is 0 Å². The molecule has 0 spiro atoms. The highest BCUT2D eigenvalue weighted by Crippen LogP contribution is 2.58. The molecule has 1 N–H and O–H groups in total. The molecule has 0 amide bonds. The molecule has 0 unspecified atom stereocenters. The summed E-state index contributed by atoms with van der Waals surface area (Å²) in [6.07, 6.45) is 12.5. The highest BCUT2D eigenvalue weighted by molar-refractivity contribution is 5.95. The number of carbonyl (C=O) groups is 1. The predicted octanol–water partition coefficient (Wildman–Crippen LogP) is 4.24. The van der Waals surface area contributed by atoms with Crippen molar-refractivity contribution >= 4 is 11.9 Å². The molecule has 23 heavy (non-hydrogen) atoms. The summed E-state index contributed by atoms with van der Waals surface area (Å²) in [4.78, 5) is 12.8. The van der Waals surface area contributed by atoms with Crippen LogP contribution < -0.4 is 0 Å². The number of hydrogen-bond donors (Lipinski definition) is 1. The Kier molecular flexibility index (Phi) is 4.09. The van der Waals surface area contributed by atoms with Crippen LogP contribution in [0, 0.1) is 22.7 Å². The lowest BCUT2D eigenvalue weighted by molar-refractivity contribution is -0.135. The summed E-state index contributed by atoms with van der Waals surface area (Å²) in [5, 5.41) is 9.80. The fourth-order valence-corrected chi connectivity index (χ4v) is 5.00. The molecule has 124 valence electrons. The van der Waals surface area contributed by atoms with E-state index in [2.05, 4.69) is 26.8 Å². The zero-order valence-electron chi connectivity index (χ0n) is 14.2. The molecule has 1 aromatic heterocycles. The van der Waals surface area contributed by atoms with Gasteiger partial charge in [0.15, 0.2) is 5.78 Å². The fraction of sp³-hybridized carbons (Fsp3) is 0.550. The second-order valence-electron chi connectivity index (χ2n) is 7.95. The number of ketones is 1. The lowest BCUT2D eigenvalue weighted by Gasteiger charge is -2.55. The number of furan rings is 1. The summed E-state index contributed by atoms with van der Waals surface area (Å²) >= 11 is 0. The van der Waals surface area contributed by atoms with Crippen LogP contribution in [0.3, 0.4) is 0 Å². The zero-order valence-corrected chi connectivity index (χ0v) is 14.2. The van der Waals surface area contributed by atoms with Crippen LogP contribution in [-0.4, -0.2) is 17.5 Å². The van der Waals surface area contributed by atoms with Crippen molar-refractivity contribution in [3.63, 3.8) is 0 Å². The normalized spacial score (nSPS) is 33.6. The Morgan fingerprint density at radius 2 is 2.13 bits per heavy atom. The number of hydrogen-bond acceptors (Lipinski definition) is 3. The fourth-order valence-electron chi connectivity index (χ4n) is 5.00. The average molecular weight is 314 g/mol. The van der Waals surface area contributed by atoms with Crippen LogP contribution in [0.15, 0.2) is 40.7 Å². The Hall–Kier alpha value is -1.61. The number of allylic oxidation sites excluding steroid dienone is 2. The van der Waals surface area contributed by atoms with E-state index in [1.165, 1.54) is 0 Å².